The Hall–Kier alpha value is -2.62. The summed E-state index contributed by atoms with van der Waals surface area (Å²) in [6, 6.07) is 11.5. The van der Waals surface area contributed by atoms with Crippen LogP contribution in [-0.2, 0) is 17.1 Å². The van der Waals surface area contributed by atoms with E-state index in [-0.39, 0.29) is 12.4 Å². The molecule has 1 aliphatic carbocycles. The molecule has 2 aliphatic rings. The molecule has 38 heavy (non-hydrogen) atoms. The molecule has 2 fully saturated rings. The summed E-state index contributed by atoms with van der Waals surface area (Å²) in [4.78, 5) is 16.4. The molecular formula is C28H33ClF3N3O2S. The zero-order valence-electron chi connectivity index (χ0n) is 20.3. The number of hydrogen-bond acceptors (Lipinski definition) is 5. The molecule has 1 aliphatic heterocycles. The van der Waals surface area contributed by atoms with E-state index in [2.05, 4.69) is 27.8 Å². The minimum absolute atomic E-state index is 0. The lowest BCUT2D eigenvalue weighted by atomic mass is 10.1. The topological polar surface area (TPSA) is 68.5 Å². The maximum atomic E-state index is 13.3. The lowest BCUT2D eigenvalue weighted by molar-refractivity contribution is -0.142. The first-order valence-corrected chi connectivity index (χ1v) is 13.5. The number of nitrogens with two attached hydrogens (primary N) is 1. The van der Waals surface area contributed by atoms with Crippen LogP contribution in [0.15, 0.2) is 48.7 Å². The van der Waals surface area contributed by atoms with Gasteiger partial charge in [-0.05, 0) is 100 Å². The van der Waals surface area contributed by atoms with E-state index in [0.29, 0.717) is 23.0 Å². The van der Waals surface area contributed by atoms with Gasteiger partial charge in [0.1, 0.15) is 21.5 Å². The first-order chi connectivity index (χ1) is 17.7. The number of ether oxygens (including phenoxy) is 1. The van der Waals surface area contributed by atoms with E-state index in [1.165, 1.54) is 81.6 Å². The molecule has 0 atom stereocenters. The standard InChI is InChI=1S/C16H22ClNO.C11H7F3N2OS.CH4/c17-15-12-13(4-3-11-18-9-1-2-10-18)5-8-16(15)19-14-6-7-14;12-7-3-1-6(2-4-7)9-16-5-8(18-9)11(13,14)10(15)17;/h5,8,12,14H,1-4,6-7,9-11H2;1-5H,(H2,15,17);1H4. The van der Waals surface area contributed by atoms with Gasteiger partial charge in [0.05, 0.1) is 11.1 Å². The van der Waals surface area contributed by atoms with Crippen LogP contribution in [0, 0.1) is 5.82 Å². The highest BCUT2D eigenvalue weighted by Gasteiger charge is 2.41. The lowest BCUT2D eigenvalue weighted by Crippen LogP contribution is -2.32. The smallest absolute Gasteiger partial charge is 0.359 e. The van der Waals surface area contributed by atoms with Crippen LogP contribution in [0.4, 0.5) is 13.2 Å². The molecule has 0 bridgehead atoms. The van der Waals surface area contributed by atoms with Gasteiger partial charge in [-0.1, -0.05) is 25.1 Å². The average molecular weight is 568 g/mol. The fourth-order valence-corrected chi connectivity index (χ4v) is 5.09. The van der Waals surface area contributed by atoms with Crippen molar-refractivity contribution in [2.45, 2.75) is 58.0 Å². The third-order valence-electron chi connectivity index (χ3n) is 6.17. The predicted octanol–water partition coefficient (Wildman–Crippen LogP) is 7.07. The zero-order valence-corrected chi connectivity index (χ0v) is 21.8. The molecule has 1 amide bonds. The van der Waals surface area contributed by atoms with Crippen LogP contribution in [0.2, 0.25) is 5.02 Å². The van der Waals surface area contributed by atoms with Crippen LogP contribution in [0.25, 0.3) is 10.6 Å². The highest BCUT2D eigenvalue weighted by molar-refractivity contribution is 7.15. The second-order valence-electron chi connectivity index (χ2n) is 9.21. The molecule has 5 nitrogen and oxygen atoms in total. The number of nitrogens with zero attached hydrogens (tertiary/aromatic N) is 2. The van der Waals surface area contributed by atoms with E-state index in [9.17, 15) is 18.0 Å². The first-order valence-electron chi connectivity index (χ1n) is 12.3. The van der Waals surface area contributed by atoms with Gasteiger partial charge in [0, 0.05) is 11.8 Å². The quantitative estimate of drug-likeness (QED) is 0.300. The third kappa shape index (κ3) is 8.19. The number of benzene rings is 2. The minimum atomic E-state index is -3.74. The highest BCUT2D eigenvalue weighted by atomic mass is 35.5. The van der Waals surface area contributed by atoms with Crippen molar-refractivity contribution in [2.24, 2.45) is 5.73 Å². The molecule has 1 aromatic heterocycles. The monoisotopic (exact) mass is 567 g/mol. The molecule has 2 aromatic carbocycles. The number of aromatic nitrogens is 1. The van der Waals surface area contributed by atoms with E-state index >= 15 is 0 Å². The molecule has 0 radical (unpaired) electrons. The van der Waals surface area contributed by atoms with Crippen molar-refractivity contribution in [1.29, 1.82) is 0 Å². The Labute approximate surface area is 230 Å². The number of alkyl halides is 2. The molecule has 0 unspecified atom stereocenters. The fourth-order valence-electron chi connectivity index (χ4n) is 3.94. The normalized spacial score (nSPS) is 15.4. The SMILES string of the molecule is C.Clc1cc(CCCN2CCCC2)ccc1OC1CC1.NC(=O)C(F)(F)c1cnc(-c2ccc(F)cc2)s1. The fraction of sp³-hybridized carbons (Fsp3) is 0.429. The number of likely N-dealkylation sites (tertiary alicyclic amines) is 1. The van der Waals surface area contributed by atoms with E-state index in [4.69, 9.17) is 16.3 Å². The summed E-state index contributed by atoms with van der Waals surface area (Å²) < 4.78 is 45.1. The van der Waals surface area contributed by atoms with E-state index in [0.717, 1.165) is 23.4 Å². The van der Waals surface area contributed by atoms with Gasteiger partial charge in [-0.25, -0.2) is 9.37 Å². The van der Waals surface area contributed by atoms with Crippen LogP contribution in [0.5, 0.6) is 5.75 Å². The predicted molar refractivity (Wildman–Crippen MR) is 146 cm³/mol. The van der Waals surface area contributed by atoms with Crippen molar-refractivity contribution in [3.8, 4) is 16.3 Å². The Kier molecular flexibility index (Phi) is 10.6. The van der Waals surface area contributed by atoms with Crippen molar-refractivity contribution in [3.05, 3.63) is 69.9 Å². The maximum absolute atomic E-state index is 13.3. The van der Waals surface area contributed by atoms with Gasteiger partial charge in [0.25, 0.3) is 5.91 Å². The number of carbonyl (C=O) groups is 1. The summed E-state index contributed by atoms with van der Waals surface area (Å²) in [5, 5.41) is 1.04. The van der Waals surface area contributed by atoms with Gasteiger partial charge >= 0.3 is 5.92 Å². The van der Waals surface area contributed by atoms with E-state index in [1.54, 1.807) is 0 Å². The van der Waals surface area contributed by atoms with Crippen molar-refractivity contribution in [2.75, 3.05) is 19.6 Å². The third-order valence-corrected chi connectivity index (χ3v) is 7.58. The number of halogens is 4. The Morgan fingerprint density at radius 1 is 1.16 bits per heavy atom. The van der Waals surface area contributed by atoms with Gasteiger partial charge in [0.15, 0.2) is 0 Å². The largest absolute Gasteiger partial charge is 0.489 e. The highest BCUT2D eigenvalue weighted by Crippen LogP contribution is 2.35. The van der Waals surface area contributed by atoms with Gasteiger partial charge in [-0.15, -0.1) is 11.3 Å². The Morgan fingerprint density at radius 2 is 1.84 bits per heavy atom. The maximum Gasteiger partial charge on any atom is 0.359 e. The van der Waals surface area contributed by atoms with Gasteiger partial charge in [-0.2, -0.15) is 8.78 Å². The summed E-state index contributed by atoms with van der Waals surface area (Å²) >= 11 is 6.91. The minimum Gasteiger partial charge on any atom is -0.489 e. The van der Waals surface area contributed by atoms with Crippen LogP contribution < -0.4 is 10.5 Å². The van der Waals surface area contributed by atoms with Crippen molar-refractivity contribution >= 4 is 28.8 Å². The first kappa shape index (κ1) is 29.9. The van der Waals surface area contributed by atoms with Gasteiger partial charge in [-0.3, -0.25) is 4.79 Å². The number of hydrogen-bond donors (Lipinski definition) is 1. The molecule has 1 saturated heterocycles. The van der Waals surface area contributed by atoms with Gasteiger partial charge in [0.2, 0.25) is 0 Å². The average Bonchev–Trinajstić information content (AvgIpc) is 3.31. The number of amides is 1. The number of carbonyl (C=O) groups excluding carboxylic acids is 1. The molecule has 10 heteroatoms. The Bertz CT molecular complexity index is 1200. The number of rotatable bonds is 9. The molecular weight excluding hydrogens is 535 g/mol. The zero-order chi connectivity index (χ0) is 26.4. The van der Waals surface area contributed by atoms with Crippen molar-refractivity contribution < 1.29 is 22.7 Å². The van der Waals surface area contributed by atoms with Crippen molar-refractivity contribution in [3.63, 3.8) is 0 Å². The van der Waals surface area contributed by atoms with Crippen LogP contribution in [0.3, 0.4) is 0 Å². The molecule has 2 N–H and O–H groups in total. The molecule has 2 heterocycles. The number of thiazole rings is 1. The summed E-state index contributed by atoms with van der Waals surface area (Å²) in [7, 11) is 0. The summed E-state index contributed by atoms with van der Waals surface area (Å²) in [5.41, 5.74) is 6.43. The van der Waals surface area contributed by atoms with E-state index in [1.807, 2.05) is 6.07 Å². The molecule has 5 rings (SSSR count). The molecule has 1 saturated carbocycles. The number of aryl methyl sites for hydroxylation is 1. The van der Waals surface area contributed by atoms with Crippen LogP contribution in [-0.4, -0.2) is 41.5 Å². The van der Waals surface area contributed by atoms with Crippen LogP contribution >= 0.6 is 22.9 Å². The second kappa shape index (κ2) is 13.4. The Morgan fingerprint density at radius 3 is 2.45 bits per heavy atom. The Balaban J connectivity index is 0.000000206. The molecule has 206 valence electrons. The summed E-state index contributed by atoms with van der Waals surface area (Å²) in [6.07, 6.45) is 8.74. The van der Waals surface area contributed by atoms with Gasteiger partial charge < -0.3 is 15.4 Å². The second-order valence-corrected chi connectivity index (χ2v) is 10.6. The summed E-state index contributed by atoms with van der Waals surface area (Å²) in [6.45, 7) is 3.79. The lowest BCUT2D eigenvalue weighted by Gasteiger charge is -2.14. The molecule has 3 aromatic rings. The van der Waals surface area contributed by atoms with E-state index < -0.39 is 22.5 Å². The number of primary amides is 1. The summed E-state index contributed by atoms with van der Waals surface area (Å²) in [5.74, 6) is -5.04. The molecule has 0 spiro atoms. The van der Waals surface area contributed by atoms with Crippen LogP contribution in [0.1, 0.15) is 50.0 Å². The van der Waals surface area contributed by atoms with Crippen molar-refractivity contribution in [1.82, 2.24) is 9.88 Å².